The van der Waals surface area contributed by atoms with E-state index in [2.05, 4.69) is 10.4 Å². The van der Waals surface area contributed by atoms with Crippen molar-refractivity contribution in [1.82, 2.24) is 9.78 Å². The van der Waals surface area contributed by atoms with Crippen molar-refractivity contribution in [2.75, 3.05) is 19.5 Å². The second kappa shape index (κ2) is 9.13. The van der Waals surface area contributed by atoms with E-state index in [1.165, 1.54) is 27.3 Å². The number of carbonyl (C=O) groups excluding carboxylic acids is 2. The number of carbonyl (C=O) groups is 2. The Balaban J connectivity index is 1.67. The molecule has 1 heterocycles. The highest BCUT2D eigenvalue weighted by atomic mass is 16.5. The van der Waals surface area contributed by atoms with Gasteiger partial charge in [0, 0.05) is 11.8 Å². The van der Waals surface area contributed by atoms with Gasteiger partial charge in [0.1, 0.15) is 5.56 Å². The molecular weight excluding hydrogens is 386 g/mol. The average molecular weight is 409 g/mol. The third-order valence-corrected chi connectivity index (χ3v) is 4.53. The van der Waals surface area contributed by atoms with Crippen LogP contribution in [0.2, 0.25) is 0 Å². The number of hydrogen-bond donors (Lipinski definition) is 1. The molecule has 3 rings (SSSR count). The van der Waals surface area contributed by atoms with Crippen LogP contribution in [0.15, 0.2) is 54.7 Å². The lowest BCUT2D eigenvalue weighted by Gasteiger charge is -2.15. The molecular formula is C22H23N3O5. The van der Waals surface area contributed by atoms with Gasteiger partial charge in [-0.15, -0.1) is 0 Å². The molecule has 1 unspecified atom stereocenters. The van der Waals surface area contributed by atoms with Gasteiger partial charge in [0.25, 0.3) is 5.91 Å². The fourth-order valence-corrected chi connectivity index (χ4v) is 2.87. The molecule has 0 aliphatic heterocycles. The Morgan fingerprint density at radius 1 is 1.03 bits per heavy atom. The molecule has 2 aromatic carbocycles. The van der Waals surface area contributed by atoms with Crippen molar-refractivity contribution >= 4 is 17.6 Å². The largest absolute Gasteiger partial charge is 0.493 e. The number of ether oxygens (including phenoxy) is 3. The number of aromatic nitrogens is 2. The Bertz CT molecular complexity index is 1050. The SMILES string of the molecule is COc1ccc(NC(=O)C(C)OC(=O)c2cnn(-c3ccccc3)c2C)cc1OC. The van der Waals surface area contributed by atoms with E-state index in [1.54, 1.807) is 29.8 Å². The molecule has 8 heteroatoms. The van der Waals surface area contributed by atoms with Crippen LogP contribution in [0.5, 0.6) is 11.5 Å². The van der Waals surface area contributed by atoms with Crippen LogP contribution in [0, 0.1) is 6.92 Å². The van der Waals surface area contributed by atoms with Crippen molar-refractivity contribution in [3.05, 3.63) is 66.0 Å². The quantitative estimate of drug-likeness (QED) is 0.602. The lowest BCUT2D eigenvalue weighted by Crippen LogP contribution is -2.30. The summed E-state index contributed by atoms with van der Waals surface area (Å²) >= 11 is 0. The van der Waals surface area contributed by atoms with Crippen molar-refractivity contribution in [2.45, 2.75) is 20.0 Å². The summed E-state index contributed by atoms with van der Waals surface area (Å²) in [5, 5.41) is 6.95. The van der Waals surface area contributed by atoms with Crippen LogP contribution >= 0.6 is 0 Å². The van der Waals surface area contributed by atoms with E-state index >= 15 is 0 Å². The molecule has 0 saturated heterocycles. The zero-order chi connectivity index (χ0) is 21.7. The van der Waals surface area contributed by atoms with Crippen molar-refractivity contribution in [2.24, 2.45) is 0 Å². The molecule has 0 bridgehead atoms. The molecule has 30 heavy (non-hydrogen) atoms. The number of amides is 1. The highest BCUT2D eigenvalue weighted by molar-refractivity contribution is 5.97. The minimum absolute atomic E-state index is 0.296. The number of rotatable bonds is 7. The average Bonchev–Trinajstić information content (AvgIpc) is 3.15. The normalized spacial score (nSPS) is 11.5. The highest BCUT2D eigenvalue weighted by Gasteiger charge is 2.23. The Morgan fingerprint density at radius 2 is 1.73 bits per heavy atom. The summed E-state index contributed by atoms with van der Waals surface area (Å²) in [4.78, 5) is 25.0. The van der Waals surface area contributed by atoms with E-state index in [1.807, 2.05) is 30.3 Å². The third-order valence-electron chi connectivity index (χ3n) is 4.53. The van der Waals surface area contributed by atoms with Gasteiger partial charge in [-0.05, 0) is 38.1 Å². The zero-order valence-electron chi connectivity index (χ0n) is 17.2. The van der Waals surface area contributed by atoms with E-state index in [4.69, 9.17) is 14.2 Å². The third kappa shape index (κ3) is 4.43. The van der Waals surface area contributed by atoms with E-state index in [9.17, 15) is 9.59 Å². The first-order valence-corrected chi connectivity index (χ1v) is 9.28. The molecule has 156 valence electrons. The molecule has 0 aliphatic carbocycles. The molecule has 1 aromatic heterocycles. The summed E-state index contributed by atoms with van der Waals surface area (Å²) in [6, 6.07) is 14.4. The van der Waals surface area contributed by atoms with Gasteiger partial charge in [0.05, 0.1) is 31.8 Å². The Hall–Kier alpha value is -3.81. The summed E-state index contributed by atoms with van der Waals surface area (Å²) in [7, 11) is 3.03. The lowest BCUT2D eigenvalue weighted by molar-refractivity contribution is -0.123. The molecule has 1 N–H and O–H groups in total. The van der Waals surface area contributed by atoms with E-state index < -0.39 is 18.0 Å². The van der Waals surface area contributed by atoms with E-state index in [-0.39, 0.29) is 0 Å². The molecule has 0 spiro atoms. The van der Waals surface area contributed by atoms with Gasteiger partial charge >= 0.3 is 5.97 Å². The van der Waals surface area contributed by atoms with Crippen LogP contribution in [0.3, 0.4) is 0 Å². The Kier molecular flexibility index (Phi) is 6.36. The molecule has 8 nitrogen and oxygen atoms in total. The van der Waals surface area contributed by atoms with Gasteiger partial charge in [-0.3, -0.25) is 4.79 Å². The number of anilines is 1. The van der Waals surface area contributed by atoms with Crippen molar-refractivity contribution in [1.29, 1.82) is 0 Å². The van der Waals surface area contributed by atoms with Crippen LogP contribution in [0.1, 0.15) is 23.0 Å². The molecule has 0 saturated carbocycles. The van der Waals surface area contributed by atoms with Crippen molar-refractivity contribution < 1.29 is 23.8 Å². The van der Waals surface area contributed by atoms with Gasteiger partial charge < -0.3 is 19.5 Å². The smallest absolute Gasteiger partial charge is 0.342 e. The first kappa shape index (κ1) is 20.9. The maximum Gasteiger partial charge on any atom is 0.342 e. The summed E-state index contributed by atoms with van der Waals surface area (Å²) in [5.74, 6) is -0.0712. The summed E-state index contributed by atoms with van der Waals surface area (Å²) in [5.41, 5.74) is 2.24. The molecule has 1 amide bonds. The summed E-state index contributed by atoms with van der Waals surface area (Å²) in [6.07, 6.45) is 0.425. The van der Waals surface area contributed by atoms with Crippen LogP contribution in [-0.2, 0) is 9.53 Å². The Labute approximate surface area is 174 Å². The monoisotopic (exact) mass is 409 g/mol. The molecule has 1 atom stereocenters. The molecule has 0 fully saturated rings. The van der Waals surface area contributed by atoms with E-state index in [0.717, 1.165) is 5.69 Å². The number of esters is 1. The lowest BCUT2D eigenvalue weighted by atomic mass is 10.2. The molecule has 3 aromatic rings. The number of nitrogens with zero attached hydrogens (tertiary/aromatic N) is 2. The summed E-state index contributed by atoms with van der Waals surface area (Å²) in [6.45, 7) is 3.27. The number of benzene rings is 2. The number of methoxy groups -OCH3 is 2. The van der Waals surface area contributed by atoms with Crippen LogP contribution in [0.25, 0.3) is 5.69 Å². The maximum atomic E-state index is 12.6. The fourth-order valence-electron chi connectivity index (χ4n) is 2.87. The van der Waals surface area contributed by atoms with Crippen LogP contribution in [0.4, 0.5) is 5.69 Å². The first-order valence-electron chi connectivity index (χ1n) is 9.28. The van der Waals surface area contributed by atoms with Gasteiger partial charge in [-0.2, -0.15) is 5.10 Å². The minimum atomic E-state index is -1.01. The molecule has 0 radical (unpaired) electrons. The van der Waals surface area contributed by atoms with Crippen molar-refractivity contribution in [3.8, 4) is 17.2 Å². The van der Waals surface area contributed by atoms with Gasteiger partial charge in [0.15, 0.2) is 17.6 Å². The van der Waals surface area contributed by atoms with E-state index in [0.29, 0.717) is 28.4 Å². The predicted octanol–water partition coefficient (Wildman–Crippen LogP) is 3.38. The molecule has 0 aliphatic rings. The maximum absolute atomic E-state index is 12.6. The number of hydrogen-bond acceptors (Lipinski definition) is 6. The summed E-state index contributed by atoms with van der Waals surface area (Å²) < 4.78 is 17.4. The zero-order valence-corrected chi connectivity index (χ0v) is 17.2. The van der Waals surface area contributed by atoms with Gasteiger partial charge in [0.2, 0.25) is 0 Å². The Morgan fingerprint density at radius 3 is 2.40 bits per heavy atom. The van der Waals surface area contributed by atoms with Gasteiger partial charge in [-0.1, -0.05) is 18.2 Å². The first-order chi connectivity index (χ1) is 14.4. The number of para-hydroxylation sites is 1. The van der Waals surface area contributed by atoms with Gasteiger partial charge in [-0.25, -0.2) is 9.48 Å². The van der Waals surface area contributed by atoms with Crippen molar-refractivity contribution in [3.63, 3.8) is 0 Å². The standard InChI is InChI=1S/C22H23N3O5/c1-14-18(13-23-25(14)17-8-6-5-7-9-17)22(27)30-15(2)21(26)24-16-10-11-19(28-3)20(12-16)29-4/h5-13,15H,1-4H3,(H,24,26). The minimum Gasteiger partial charge on any atom is -0.493 e. The predicted molar refractivity (Wildman–Crippen MR) is 111 cm³/mol. The van der Waals surface area contributed by atoms with Crippen LogP contribution in [-0.4, -0.2) is 42.0 Å². The second-order valence-corrected chi connectivity index (χ2v) is 6.50. The number of nitrogens with one attached hydrogen (secondary N) is 1. The highest BCUT2D eigenvalue weighted by Crippen LogP contribution is 2.29. The second-order valence-electron chi connectivity index (χ2n) is 6.50. The topological polar surface area (TPSA) is 91.7 Å². The fraction of sp³-hybridized carbons (Fsp3) is 0.227. The van der Waals surface area contributed by atoms with Crippen LogP contribution < -0.4 is 14.8 Å².